The highest BCUT2D eigenvalue weighted by atomic mass is 35.5. The van der Waals surface area contributed by atoms with Crippen LogP contribution in [0.15, 0.2) is 35.7 Å². The van der Waals surface area contributed by atoms with Gasteiger partial charge in [-0.25, -0.2) is 0 Å². The van der Waals surface area contributed by atoms with E-state index < -0.39 is 0 Å². The average Bonchev–Trinajstić information content (AvgIpc) is 3.24. The predicted molar refractivity (Wildman–Crippen MR) is 113 cm³/mol. The van der Waals surface area contributed by atoms with E-state index >= 15 is 0 Å². The van der Waals surface area contributed by atoms with Crippen molar-refractivity contribution in [2.24, 2.45) is 0 Å². The Morgan fingerprint density at radius 2 is 2.00 bits per heavy atom. The van der Waals surface area contributed by atoms with E-state index in [1.165, 1.54) is 17.7 Å². The van der Waals surface area contributed by atoms with E-state index in [-0.39, 0.29) is 6.04 Å². The Kier molecular flexibility index (Phi) is 6.58. The van der Waals surface area contributed by atoms with E-state index in [0.717, 1.165) is 18.8 Å². The van der Waals surface area contributed by atoms with Gasteiger partial charge in [0.25, 0.3) is 0 Å². The van der Waals surface area contributed by atoms with Crippen LogP contribution >= 0.6 is 46.8 Å². The van der Waals surface area contributed by atoms with Crippen LogP contribution in [0.3, 0.4) is 0 Å². The summed E-state index contributed by atoms with van der Waals surface area (Å²) < 4.78 is 0. The summed E-state index contributed by atoms with van der Waals surface area (Å²) in [6, 6.07) is 10.2. The molecule has 25 heavy (non-hydrogen) atoms. The van der Waals surface area contributed by atoms with Gasteiger partial charge in [-0.1, -0.05) is 29.3 Å². The van der Waals surface area contributed by atoms with Gasteiger partial charge in [0, 0.05) is 15.9 Å². The number of benzene rings is 1. The molecule has 1 aromatic heterocycles. The molecule has 2 atom stereocenters. The van der Waals surface area contributed by atoms with Crippen LogP contribution in [0.2, 0.25) is 10.0 Å². The van der Waals surface area contributed by atoms with Gasteiger partial charge in [-0.05, 0) is 74.7 Å². The fraction of sp³-hybridized carbons (Fsp3) is 0.389. The second kappa shape index (κ2) is 8.69. The maximum absolute atomic E-state index is 6.22. The SMILES string of the molecule is C[C@@H](NC(=S)Nc1ccc(Cl)cc1Cl)[C@@H](c1cccs1)N1CCCC1. The molecule has 134 valence electrons. The van der Waals surface area contributed by atoms with Crippen LogP contribution in [0.4, 0.5) is 5.69 Å². The Morgan fingerprint density at radius 1 is 1.24 bits per heavy atom. The molecular formula is C18H21Cl2N3S2. The van der Waals surface area contributed by atoms with E-state index in [1.807, 2.05) is 6.07 Å². The largest absolute Gasteiger partial charge is 0.358 e. The molecule has 0 saturated carbocycles. The lowest BCUT2D eigenvalue weighted by Crippen LogP contribution is -2.45. The predicted octanol–water partition coefficient (Wildman–Crippen LogP) is 5.57. The topological polar surface area (TPSA) is 27.3 Å². The number of thiophene rings is 1. The Morgan fingerprint density at radius 3 is 2.64 bits per heavy atom. The van der Waals surface area contributed by atoms with Crippen molar-refractivity contribution < 1.29 is 0 Å². The summed E-state index contributed by atoms with van der Waals surface area (Å²) in [6.07, 6.45) is 2.52. The second-order valence-electron chi connectivity index (χ2n) is 6.21. The quantitative estimate of drug-likeness (QED) is 0.626. The number of likely N-dealkylation sites (tertiary alicyclic amines) is 1. The van der Waals surface area contributed by atoms with Gasteiger partial charge in [-0.2, -0.15) is 0 Å². The Labute approximate surface area is 168 Å². The molecule has 0 unspecified atom stereocenters. The summed E-state index contributed by atoms with van der Waals surface area (Å²) in [5.74, 6) is 0. The third-order valence-corrected chi connectivity index (χ3v) is 6.09. The van der Waals surface area contributed by atoms with Crippen molar-refractivity contribution >= 4 is 57.6 Å². The summed E-state index contributed by atoms with van der Waals surface area (Å²) in [5, 5.41) is 10.5. The third kappa shape index (κ3) is 4.86. The molecule has 0 radical (unpaired) electrons. The number of thiocarbonyl (C=S) groups is 1. The zero-order chi connectivity index (χ0) is 17.8. The van der Waals surface area contributed by atoms with Crippen molar-refractivity contribution in [2.45, 2.75) is 31.8 Å². The average molecular weight is 414 g/mol. The van der Waals surface area contributed by atoms with Crippen molar-refractivity contribution in [1.29, 1.82) is 0 Å². The second-order valence-corrected chi connectivity index (χ2v) is 8.45. The highest BCUT2D eigenvalue weighted by molar-refractivity contribution is 7.80. The van der Waals surface area contributed by atoms with Gasteiger partial charge >= 0.3 is 0 Å². The Balaban J connectivity index is 1.68. The number of hydrogen-bond acceptors (Lipinski definition) is 3. The smallest absolute Gasteiger partial charge is 0.171 e. The van der Waals surface area contributed by atoms with E-state index in [4.69, 9.17) is 35.4 Å². The maximum atomic E-state index is 6.22. The number of nitrogens with one attached hydrogen (secondary N) is 2. The first-order chi connectivity index (χ1) is 12.0. The number of anilines is 1. The molecular weight excluding hydrogens is 393 g/mol. The fourth-order valence-electron chi connectivity index (χ4n) is 3.26. The normalized spacial score (nSPS) is 17.2. The molecule has 1 aliphatic heterocycles. The molecule has 1 aliphatic rings. The molecule has 1 aromatic carbocycles. The molecule has 3 nitrogen and oxygen atoms in total. The number of halogens is 2. The van der Waals surface area contributed by atoms with E-state index in [1.54, 1.807) is 23.5 Å². The van der Waals surface area contributed by atoms with Gasteiger partial charge in [0.2, 0.25) is 0 Å². The van der Waals surface area contributed by atoms with E-state index in [2.05, 4.69) is 40.0 Å². The molecule has 0 spiro atoms. The van der Waals surface area contributed by atoms with Crippen LogP contribution in [-0.2, 0) is 0 Å². The van der Waals surface area contributed by atoms with E-state index in [0.29, 0.717) is 21.2 Å². The molecule has 1 fully saturated rings. The first kappa shape index (κ1) is 18.9. The number of nitrogens with zero attached hydrogens (tertiary/aromatic N) is 1. The molecule has 2 heterocycles. The van der Waals surface area contributed by atoms with Crippen LogP contribution in [0.5, 0.6) is 0 Å². The van der Waals surface area contributed by atoms with Crippen LogP contribution in [0, 0.1) is 0 Å². The highest BCUT2D eigenvalue weighted by Crippen LogP contribution is 2.31. The lowest BCUT2D eigenvalue weighted by molar-refractivity contribution is 0.214. The highest BCUT2D eigenvalue weighted by Gasteiger charge is 2.29. The van der Waals surface area contributed by atoms with E-state index in [9.17, 15) is 0 Å². The van der Waals surface area contributed by atoms with Crippen LogP contribution in [0.25, 0.3) is 0 Å². The lowest BCUT2D eigenvalue weighted by Gasteiger charge is -2.33. The summed E-state index contributed by atoms with van der Waals surface area (Å²) in [4.78, 5) is 3.91. The van der Waals surface area contributed by atoms with Crippen molar-refractivity contribution in [3.8, 4) is 0 Å². The zero-order valence-electron chi connectivity index (χ0n) is 14.0. The Bertz CT molecular complexity index is 715. The molecule has 0 aliphatic carbocycles. The minimum absolute atomic E-state index is 0.183. The minimum Gasteiger partial charge on any atom is -0.358 e. The molecule has 0 amide bonds. The number of hydrogen-bond donors (Lipinski definition) is 2. The summed E-state index contributed by atoms with van der Waals surface area (Å²) in [7, 11) is 0. The van der Waals surface area contributed by atoms with Gasteiger partial charge < -0.3 is 10.6 Å². The molecule has 7 heteroatoms. The van der Waals surface area contributed by atoms with Crippen molar-refractivity contribution in [3.05, 3.63) is 50.6 Å². The molecule has 1 saturated heterocycles. The molecule has 2 aromatic rings. The minimum atomic E-state index is 0.183. The number of rotatable bonds is 5. The first-order valence-electron chi connectivity index (χ1n) is 8.34. The monoisotopic (exact) mass is 413 g/mol. The lowest BCUT2D eigenvalue weighted by atomic mass is 10.1. The molecule has 3 rings (SSSR count). The zero-order valence-corrected chi connectivity index (χ0v) is 17.1. The standard InChI is InChI=1S/C18H21Cl2N3S2/c1-12(17(16-5-4-10-25-16)23-8-2-3-9-23)21-18(24)22-15-7-6-13(19)11-14(15)20/h4-7,10-12,17H,2-3,8-9H2,1H3,(H2,21,22,24)/t12-,17+/m1/s1. The van der Waals surface area contributed by atoms with Crippen LogP contribution in [-0.4, -0.2) is 29.1 Å². The van der Waals surface area contributed by atoms with Crippen LogP contribution in [0.1, 0.15) is 30.7 Å². The van der Waals surface area contributed by atoms with Crippen molar-refractivity contribution in [2.75, 3.05) is 18.4 Å². The van der Waals surface area contributed by atoms with Crippen molar-refractivity contribution in [3.63, 3.8) is 0 Å². The maximum Gasteiger partial charge on any atom is 0.171 e. The summed E-state index contributed by atoms with van der Waals surface area (Å²) in [5.41, 5.74) is 0.754. The van der Waals surface area contributed by atoms with Gasteiger partial charge in [0.05, 0.1) is 16.8 Å². The van der Waals surface area contributed by atoms with Gasteiger partial charge in [-0.15, -0.1) is 11.3 Å². The third-order valence-electron chi connectivity index (χ3n) is 4.38. The van der Waals surface area contributed by atoms with Gasteiger partial charge in [-0.3, -0.25) is 4.90 Å². The van der Waals surface area contributed by atoms with Gasteiger partial charge in [0.15, 0.2) is 5.11 Å². The van der Waals surface area contributed by atoms with Crippen LogP contribution < -0.4 is 10.6 Å². The van der Waals surface area contributed by atoms with Gasteiger partial charge in [0.1, 0.15) is 0 Å². The van der Waals surface area contributed by atoms with Crippen molar-refractivity contribution in [1.82, 2.24) is 10.2 Å². The summed E-state index contributed by atoms with van der Waals surface area (Å²) >= 11 is 19.5. The molecule has 2 N–H and O–H groups in total. The summed E-state index contributed by atoms with van der Waals surface area (Å²) in [6.45, 7) is 4.45. The molecule has 0 bridgehead atoms. The Hall–Kier alpha value is -0.850. The first-order valence-corrected chi connectivity index (χ1v) is 10.4. The fourth-order valence-corrected chi connectivity index (χ4v) is 4.97.